The summed E-state index contributed by atoms with van der Waals surface area (Å²) in [5, 5.41) is 9.88. The first-order chi connectivity index (χ1) is 7.64. The van der Waals surface area contributed by atoms with E-state index in [1.54, 1.807) is 0 Å². The molecule has 6 nitrogen and oxygen atoms in total. The molecule has 1 aliphatic rings. The van der Waals surface area contributed by atoms with Gasteiger partial charge in [0.1, 0.15) is 0 Å². The first kappa shape index (κ1) is 11.1. The fourth-order valence-electron chi connectivity index (χ4n) is 1.92. The van der Waals surface area contributed by atoms with Crippen LogP contribution < -0.4 is 5.73 Å². The van der Waals surface area contributed by atoms with Gasteiger partial charge >= 0.3 is 0 Å². The van der Waals surface area contributed by atoms with Crippen molar-refractivity contribution in [3.05, 3.63) is 11.9 Å². The Balaban J connectivity index is 1.97. The SMILES string of the molecule is CC1(CN)CCN(C(=O)c2cn[nH]n2)CC1. The largest absolute Gasteiger partial charge is 0.337 e. The van der Waals surface area contributed by atoms with Gasteiger partial charge in [0.25, 0.3) is 5.91 Å². The molecule has 1 aromatic heterocycles. The second-order valence-corrected chi connectivity index (χ2v) is 4.66. The molecular weight excluding hydrogens is 206 g/mol. The lowest BCUT2D eigenvalue weighted by Crippen LogP contribution is -2.44. The number of hydrogen-bond acceptors (Lipinski definition) is 4. The molecule has 2 heterocycles. The van der Waals surface area contributed by atoms with Crippen molar-refractivity contribution >= 4 is 5.91 Å². The lowest BCUT2D eigenvalue weighted by molar-refractivity contribution is 0.0612. The quantitative estimate of drug-likeness (QED) is 0.739. The minimum Gasteiger partial charge on any atom is -0.337 e. The number of piperidine rings is 1. The molecule has 3 N–H and O–H groups in total. The molecule has 1 aliphatic heterocycles. The number of carbonyl (C=O) groups excluding carboxylic acids is 1. The van der Waals surface area contributed by atoms with Crippen LogP contribution in [0.25, 0.3) is 0 Å². The third-order valence-electron chi connectivity index (χ3n) is 3.38. The fourth-order valence-corrected chi connectivity index (χ4v) is 1.92. The maximum absolute atomic E-state index is 11.9. The molecule has 0 aliphatic carbocycles. The summed E-state index contributed by atoms with van der Waals surface area (Å²) < 4.78 is 0. The van der Waals surface area contributed by atoms with Crippen molar-refractivity contribution in [2.75, 3.05) is 19.6 Å². The van der Waals surface area contributed by atoms with E-state index in [0.29, 0.717) is 12.2 Å². The van der Waals surface area contributed by atoms with Gasteiger partial charge in [-0.3, -0.25) is 4.79 Å². The van der Waals surface area contributed by atoms with Gasteiger partial charge in [-0.2, -0.15) is 15.4 Å². The first-order valence-electron chi connectivity index (χ1n) is 5.50. The molecule has 1 amide bonds. The second-order valence-electron chi connectivity index (χ2n) is 4.66. The van der Waals surface area contributed by atoms with Gasteiger partial charge in [-0.1, -0.05) is 6.92 Å². The Morgan fingerprint density at radius 2 is 2.31 bits per heavy atom. The molecule has 0 saturated carbocycles. The summed E-state index contributed by atoms with van der Waals surface area (Å²) in [4.78, 5) is 13.7. The van der Waals surface area contributed by atoms with Gasteiger partial charge in [0.2, 0.25) is 0 Å². The predicted molar refractivity (Wildman–Crippen MR) is 58.7 cm³/mol. The number of hydrogen-bond donors (Lipinski definition) is 2. The van der Waals surface area contributed by atoms with Crippen LogP contribution in [0.15, 0.2) is 6.20 Å². The van der Waals surface area contributed by atoms with Gasteiger partial charge in [0.15, 0.2) is 5.69 Å². The number of nitrogens with one attached hydrogen (secondary N) is 1. The van der Waals surface area contributed by atoms with E-state index in [-0.39, 0.29) is 11.3 Å². The zero-order valence-corrected chi connectivity index (χ0v) is 9.44. The lowest BCUT2D eigenvalue weighted by atomic mass is 9.80. The number of amides is 1. The van der Waals surface area contributed by atoms with E-state index in [4.69, 9.17) is 5.73 Å². The van der Waals surface area contributed by atoms with Gasteiger partial charge in [-0.15, -0.1) is 0 Å². The summed E-state index contributed by atoms with van der Waals surface area (Å²) in [6, 6.07) is 0. The number of nitrogens with zero attached hydrogens (tertiary/aromatic N) is 3. The Bertz CT molecular complexity index is 353. The normalized spacial score (nSPS) is 19.8. The zero-order valence-electron chi connectivity index (χ0n) is 9.44. The zero-order chi connectivity index (χ0) is 11.6. The van der Waals surface area contributed by atoms with Crippen LogP contribution in [-0.2, 0) is 0 Å². The van der Waals surface area contributed by atoms with Crippen LogP contribution in [0.4, 0.5) is 0 Å². The highest BCUT2D eigenvalue weighted by Crippen LogP contribution is 2.29. The van der Waals surface area contributed by atoms with Crippen molar-refractivity contribution in [1.29, 1.82) is 0 Å². The third-order valence-corrected chi connectivity index (χ3v) is 3.38. The summed E-state index contributed by atoms with van der Waals surface area (Å²) in [5.74, 6) is -0.0483. The van der Waals surface area contributed by atoms with Gasteiger partial charge < -0.3 is 10.6 Å². The fraction of sp³-hybridized carbons (Fsp3) is 0.700. The summed E-state index contributed by atoms with van der Waals surface area (Å²) in [6.45, 7) is 4.35. The van der Waals surface area contributed by atoms with Crippen molar-refractivity contribution < 1.29 is 4.79 Å². The van der Waals surface area contributed by atoms with Crippen LogP contribution in [0.5, 0.6) is 0 Å². The number of nitrogens with two attached hydrogens (primary N) is 1. The predicted octanol–water partition coefficient (Wildman–Crippen LogP) is 0.00570. The molecule has 0 aromatic carbocycles. The van der Waals surface area contributed by atoms with Crippen LogP contribution in [0, 0.1) is 5.41 Å². The molecular formula is C10H17N5O. The Morgan fingerprint density at radius 1 is 1.62 bits per heavy atom. The average molecular weight is 223 g/mol. The highest BCUT2D eigenvalue weighted by atomic mass is 16.2. The van der Waals surface area contributed by atoms with Crippen molar-refractivity contribution in [2.24, 2.45) is 11.1 Å². The first-order valence-corrected chi connectivity index (χ1v) is 5.50. The van der Waals surface area contributed by atoms with E-state index in [1.165, 1.54) is 6.20 Å². The Labute approximate surface area is 94.2 Å². The van der Waals surface area contributed by atoms with Crippen LogP contribution >= 0.6 is 0 Å². The molecule has 16 heavy (non-hydrogen) atoms. The molecule has 88 valence electrons. The number of likely N-dealkylation sites (tertiary alicyclic amines) is 1. The van der Waals surface area contributed by atoms with E-state index in [9.17, 15) is 4.79 Å². The number of H-pyrrole nitrogens is 1. The smallest absolute Gasteiger partial charge is 0.276 e. The molecule has 0 bridgehead atoms. The van der Waals surface area contributed by atoms with Gasteiger partial charge in [0, 0.05) is 13.1 Å². The topological polar surface area (TPSA) is 87.9 Å². The van der Waals surface area contributed by atoms with Crippen molar-refractivity contribution in [1.82, 2.24) is 20.3 Å². The highest BCUT2D eigenvalue weighted by molar-refractivity contribution is 5.91. The molecule has 0 spiro atoms. The molecule has 1 fully saturated rings. The number of aromatic nitrogens is 3. The average Bonchev–Trinajstić information content (AvgIpc) is 2.83. The number of rotatable bonds is 2. The maximum Gasteiger partial charge on any atom is 0.276 e. The van der Waals surface area contributed by atoms with Crippen LogP contribution in [0.1, 0.15) is 30.3 Å². The van der Waals surface area contributed by atoms with E-state index in [1.807, 2.05) is 4.90 Å². The molecule has 0 atom stereocenters. The Hall–Kier alpha value is -1.43. The molecule has 0 radical (unpaired) electrons. The standard InChI is InChI=1S/C10H17N5O/c1-10(7-11)2-4-15(5-3-10)9(16)8-6-12-14-13-8/h6H,2-5,7,11H2,1H3,(H,12,13,14). The Morgan fingerprint density at radius 3 is 2.81 bits per heavy atom. The summed E-state index contributed by atoms with van der Waals surface area (Å²) in [6.07, 6.45) is 3.36. The minimum atomic E-state index is -0.0483. The van der Waals surface area contributed by atoms with Crippen LogP contribution in [0.2, 0.25) is 0 Å². The van der Waals surface area contributed by atoms with Crippen molar-refractivity contribution in [3.8, 4) is 0 Å². The number of carbonyl (C=O) groups is 1. The van der Waals surface area contributed by atoms with Crippen molar-refractivity contribution in [2.45, 2.75) is 19.8 Å². The van der Waals surface area contributed by atoms with Crippen LogP contribution in [0.3, 0.4) is 0 Å². The molecule has 1 aromatic rings. The maximum atomic E-state index is 11.9. The lowest BCUT2D eigenvalue weighted by Gasteiger charge is -2.38. The highest BCUT2D eigenvalue weighted by Gasteiger charge is 2.31. The third kappa shape index (κ3) is 2.06. The van der Waals surface area contributed by atoms with E-state index < -0.39 is 0 Å². The summed E-state index contributed by atoms with van der Waals surface area (Å²) in [7, 11) is 0. The van der Waals surface area contributed by atoms with E-state index in [0.717, 1.165) is 25.9 Å². The van der Waals surface area contributed by atoms with E-state index in [2.05, 4.69) is 22.3 Å². The second kappa shape index (κ2) is 4.21. The van der Waals surface area contributed by atoms with Crippen LogP contribution in [-0.4, -0.2) is 45.9 Å². The summed E-state index contributed by atoms with van der Waals surface area (Å²) in [5.41, 5.74) is 6.29. The van der Waals surface area contributed by atoms with Crippen molar-refractivity contribution in [3.63, 3.8) is 0 Å². The molecule has 2 rings (SSSR count). The van der Waals surface area contributed by atoms with E-state index >= 15 is 0 Å². The molecule has 1 saturated heterocycles. The van der Waals surface area contributed by atoms with Gasteiger partial charge in [0.05, 0.1) is 6.20 Å². The Kier molecular flexibility index (Phi) is 2.91. The molecule has 6 heteroatoms. The van der Waals surface area contributed by atoms with Gasteiger partial charge in [-0.25, -0.2) is 0 Å². The molecule has 0 unspecified atom stereocenters. The monoisotopic (exact) mass is 223 g/mol. The summed E-state index contributed by atoms with van der Waals surface area (Å²) >= 11 is 0. The number of aromatic amines is 1. The van der Waals surface area contributed by atoms with Gasteiger partial charge in [-0.05, 0) is 24.8 Å². The minimum absolute atomic E-state index is 0.0483.